The van der Waals surface area contributed by atoms with Crippen molar-refractivity contribution in [1.82, 2.24) is 15.5 Å². The standard InChI is InChI=1S/C14H15N3O2/c1-8(18)15-13-6-4-10-7-11(3-5-12(10)13)14-16-9(2)19-17-14/h3,5,7,13H,4,6H2,1-2H3,(H,15,18)/t13-/m1/s1/i2D3. The molecule has 1 aromatic carbocycles. The smallest absolute Gasteiger partial charge is 0.223 e. The van der Waals surface area contributed by atoms with Gasteiger partial charge in [0.1, 0.15) is 0 Å². The van der Waals surface area contributed by atoms with Crippen LogP contribution in [0.25, 0.3) is 11.4 Å². The molecule has 1 heterocycles. The Labute approximate surface area is 115 Å². The Hall–Kier alpha value is -2.17. The van der Waals surface area contributed by atoms with Crippen LogP contribution in [0, 0.1) is 6.85 Å². The van der Waals surface area contributed by atoms with Gasteiger partial charge in [-0.1, -0.05) is 17.3 Å². The number of nitrogens with one attached hydrogen (secondary N) is 1. The minimum Gasteiger partial charge on any atom is -0.350 e. The number of carbonyl (C=O) groups excluding carboxylic acids is 1. The normalized spacial score (nSPS) is 20.3. The number of benzene rings is 1. The van der Waals surface area contributed by atoms with Crippen molar-refractivity contribution in [3.05, 3.63) is 35.2 Å². The van der Waals surface area contributed by atoms with E-state index in [9.17, 15) is 4.79 Å². The van der Waals surface area contributed by atoms with Crippen LogP contribution in [0.5, 0.6) is 0 Å². The van der Waals surface area contributed by atoms with Gasteiger partial charge in [-0.3, -0.25) is 4.79 Å². The predicted octanol–water partition coefficient (Wildman–Crippen LogP) is 2.17. The SMILES string of the molecule is [2H]C([2H])([2H])c1nc(-c2ccc3c(c2)CC[C@H]3NC(C)=O)no1. The quantitative estimate of drug-likeness (QED) is 0.898. The minimum absolute atomic E-state index is 0.0322. The fourth-order valence-corrected chi connectivity index (χ4v) is 2.49. The average molecular weight is 260 g/mol. The Bertz CT molecular complexity index is 724. The molecule has 3 rings (SSSR count). The van der Waals surface area contributed by atoms with Crippen LogP contribution < -0.4 is 5.32 Å². The molecule has 0 fully saturated rings. The van der Waals surface area contributed by atoms with E-state index in [1.165, 1.54) is 6.92 Å². The largest absolute Gasteiger partial charge is 0.350 e. The molecule has 1 aromatic heterocycles. The molecular formula is C14H15N3O2. The van der Waals surface area contributed by atoms with E-state index in [-0.39, 0.29) is 23.7 Å². The number of rotatable bonds is 2. The van der Waals surface area contributed by atoms with Crippen molar-refractivity contribution in [2.75, 3.05) is 0 Å². The lowest BCUT2D eigenvalue weighted by Gasteiger charge is -2.12. The summed E-state index contributed by atoms with van der Waals surface area (Å²) in [7, 11) is 0. The topological polar surface area (TPSA) is 68.0 Å². The second kappa shape index (κ2) is 4.50. The van der Waals surface area contributed by atoms with Gasteiger partial charge in [0.2, 0.25) is 17.6 Å². The van der Waals surface area contributed by atoms with Crippen LogP contribution in [-0.2, 0) is 11.2 Å². The molecule has 0 radical (unpaired) electrons. The number of carbonyl (C=O) groups is 1. The highest BCUT2D eigenvalue weighted by molar-refractivity contribution is 5.73. The Kier molecular flexibility index (Phi) is 2.09. The number of aryl methyl sites for hydroxylation is 2. The Balaban J connectivity index is 1.89. The Morgan fingerprint density at radius 2 is 2.47 bits per heavy atom. The molecule has 0 saturated carbocycles. The lowest BCUT2D eigenvalue weighted by Crippen LogP contribution is -2.24. The van der Waals surface area contributed by atoms with Gasteiger partial charge in [0, 0.05) is 23.5 Å². The van der Waals surface area contributed by atoms with Gasteiger partial charge in [-0.25, -0.2) is 0 Å². The molecule has 1 aliphatic carbocycles. The monoisotopic (exact) mass is 260 g/mol. The molecule has 1 atom stereocenters. The van der Waals surface area contributed by atoms with E-state index < -0.39 is 6.85 Å². The molecule has 1 N–H and O–H groups in total. The summed E-state index contributed by atoms with van der Waals surface area (Å²) in [5, 5.41) is 6.65. The van der Waals surface area contributed by atoms with Gasteiger partial charge in [-0.15, -0.1) is 0 Å². The van der Waals surface area contributed by atoms with Crippen LogP contribution in [0.4, 0.5) is 0 Å². The lowest BCUT2D eigenvalue weighted by atomic mass is 10.0. The first-order valence-corrected chi connectivity index (χ1v) is 6.09. The molecular weight excluding hydrogens is 242 g/mol. The molecule has 0 unspecified atom stereocenters. The van der Waals surface area contributed by atoms with Crippen molar-refractivity contribution in [3.8, 4) is 11.4 Å². The van der Waals surface area contributed by atoms with Crippen molar-refractivity contribution < 1.29 is 13.4 Å². The summed E-state index contributed by atoms with van der Waals surface area (Å²) < 4.78 is 26.6. The van der Waals surface area contributed by atoms with E-state index in [0.29, 0.717) is 5.56 Å². The molecule has 5 nitrogen and oxygen atoms in total. The first-order chi connectivity index (χ1) is 10.3. The minimum atomic E-state index is -2.40. The third-order valence-corrected chi connectivity index (χ3v) is 3.28. The van der Waals surface area contributed by atoms with E-state index in [4.69, 9.17) is 8.64 Å². The number of aromatic nitrogens is 2. The molecule has 19 heavy (non-hydrogen) atoms. The van der Waals surface area contributed by atoms with Crippen molar-refractivity contribution in [3.63, 3.8) is 0 Å². The average Bonchev–Trinajstić information content (AvgIpc) is 3.04. The van der Waals surface area contributed by atoms with E-state index in [2.05, 4.69) is 15.5 Å². The van der Waals surface area contributed by atoms with Gasteiger partial charge < -0.3 is 9.84 Å². The van der Waals surface area contributed by atoms with E-state index in [0.717, 1.165) is 24.0 Å². The summed E-state index contributed by atoms with van der Waals surface area (Å²) in [5.41, 5.74) is 2.90. The molecule has 1 aliphatic rings. The molecule has 0 aliphatic heterocycles. The van der Waals surface area contributed by atoms with Gasteiger partial charge in [0.15, 0.2) is 0 Å². The first-order valence-electron chi connectivity index (χ1n) is 7.59. The number of hydrogen-bond acceptors (Lipinski definition) is 4. The first kappa shape index (κ1) is 8.85. The number of fused-ring (bicyclic) bond motifs is 1. The van der Waals surface area contributed by atoms with Crippen LogP contribution in [0.15, 0.2) is 22.7 Å². The van der Waals surface area contributed by atoms with Crippen molar-refractivity contribution in [2.45, 2.75) is 32.7 Å². The number of hydrogen-bond donors (Lipinski definition) is 1. The summed E-state index contributed by atoms with van der Waals surface area (Å²) in [4.78, 5) is 15.1. The molecule has 2 aromatic rings. The summed E-state index contributed by atoms with van der Waals surface area (Å²) in [6, 6.07) is 5.69. The summed E-state index contributed by atoms with van der Waals surface area (Å²) in [6.07, 6.45) is 1.70. The zero-order valence-electron chi connectivity index (χ0n) is 13.4. The predicted molar refractivity (Wildman–Crippen MR) is 69.3 cm³/mol. The van der Waals surface area contributed by atoms with Gasteiger partial charge in [0.25, 0.3) is 0 Å². The number of nitrogens with zero attached hydrogens (tertiary/aromatic N) is 2. The highest BCUT2D eigenvalue weighted by Crippen LogP contribution is 2.33. The third-order valence-electron chi connectivity index (χ3n) is 3.28. The van der Waals surface area contributed by atoms with Gasteiger partial charge >= 0.3 is 0 Å². The van der Waals surface area contributed by atoms with Crippen LogP contribution >= 0.6 is 0 Å². The van der Waals surface area contributed by atoms with Crippen LogP contribution in [0.3, 0.4) is 0 Å². The highest BCUT2D eigenvalue weighted by Gasteiger charge is 2.23. The van der Waals surface area contributed by atoms with Crippen molar-refractivity contribution in [1.29, 1.82) is 0 Å². The van der Waals surface area contributed by atoms with Crippen LogP contribution in [-0.4, -0.2) is 16.0 Å². The molecule has 98 valence electrons. The lowest BCUT2D eigenvalue weighted by molar-refractivity contribution is -0.119. The molecule has 0 saturated heterocycles. The fourth-order valence-electron chi connectivity index (χ4n) is 2.49. The molecule has 5 heteroatoms. The van der Waals surface area contributed by atoms with Gasteiger partial charge in [0.05, 0.1) is 6.04 Å². The zero-order valence-corrected chi connectivity index (χ0v) is 10.4. The van der Waals surface area contributed by atoms with Crippen LogP contribution in [0.1, 0.15) is 40.5 Å². The van der Waals surface area contributed by atoms with E-state index in [1.54, 1.807) is 0 Å². The number of amides is 1. The van der Waals surface area contributed by atoms with Crippen molar-refractivity contribution in [2.24, 2.45) is 0 Å². The third kappa shape index (κ3) is 2.23. The highest BCUT2D eigenvalue weighted by atomic mass is 16.5. The van der Waals surface area contributed by atoms with Gasteiger partial charge in [-0.2, -0.15) is 4.98 Å². The summed E-state index contributed by atoms with van der Waals surface area (Å²) in [6.45, 7) is -0.902. The second-order valence-electron chi connectivity index (χ2n) is 4.63. The molecule has 0 bridgehead atoms. The Morgan fingerprint density at radius 1 is 1.58 bits per heavy atom. The maximum atomic E-state index is 11.2. The molecule has 1 amide bonds. The summed E-state index contributed by atoms with van der Waals surface area (Å²) >= 11 is 0. The maximum Gasteiger partial charge on any atom is 0.223 e. The Morgan fingerprint density at radius 3 is 3.21 bits per heavy atom. The zero-order chi connectivity index (χ0) is 15.9. The van der Waals surface area contributed by atoms with Crippen LogP contribution in [0.2, 0.25) is 0 Å². The van der Waals surface area contributed by atoms with Crippen molar-refractivity contribution >= 4 is 5.91 Å². The maximum absolute atomic E-state index is 11.2. The second-order valence-corrected chi connectivity index (χ2v) is 4.63. The summed E-state index contributed by atoms with van der Waals surface area (Å²) in [5.74, 6) is -0.154. The van der Waals surface area contributed by atoms with Gasteiger partial charge in [-0.05, 0) is 30.0 Å². The van der Waals surface area contributed by atoms with E-state index >= 15 is 0 Å². The van der Waals surface area contributed by atoms with E-state index in [1.807, 2.05) is 18.2 Å². The fraction of sp³-hybridized carbons (Fsp3) is 0.357. The molecule has 0 spiro atoms.